The second kappa shape index (κ2) is 7.55. The Morgan fingerprint density at radius 1 is 0.867 bits per heavy atom. The molecule has 3 aromatic carbocycles. The van der Waals surface area contributed by atoms with Crippen LogP contribution in [-0.2, 0) is 17.9 Å². The summed E-state index contributed by atoms with van der Waals surface area (Å²) in [5, 5.41) is 4.17. The molecule has 0 saturated carbocycles. The largest absolute Gasteiger partial charge is 0.486 e. The van der Waals surface area contributed by atoms with E-state index >= 15 is 0 Å². The molecular formula is C24H20N2O4. The first kappa shape index (κ1) is 18.2. The highest BCUT2D eigenvalue weighted by Crippen LogP contribution is 2.33. The van der Waals surface area contributed by atoms with Gasteiger partial charge in [-0.05, 0) is 30.3 Å². The van der Waals surface area contributed by atoms with Crippen LogP contribution >= 0.6 is 0 Å². The van der Waals surface area contributed by atoms with Gasteiger partial charge in [0.15, 0.2) is 16.9 Å². The molecule has 0 aliphatic carbocycles. The number of nitrogens with one attached hydrogen (secondary N) is 1. The molecule has 150 valence electrons. The summed E-state index contributed by atoms with van der Waals surface area (Å²) < 4.78 is 13.2. The van der Waals surface area contributed by atoms with Crippen LogP contribution in [-0.4, -0.2) is 23.7 Å². The van der Waals surface area contributed by atoms with Gasteiger partial charge in [-0.15, -0.1) is 0 Å². The molecule has 0 bridgehead atoms. The van der Waals surface area contributed by atoms with Crippen LogP contribution in [0.1, 0.15) is 5.56 Å². The van der Waals surface area contributed by atoms with Crippen molar-refractivity contribution in [1.29, 1.82) is 0 Å². The van der Waals surface area contributed by atoms with Gasteiger partial charge in [-0.2, -0.15) is 0 Å². The monoisotopic (exact) mass is 400 g/mol. The zero-order valence-electron chi connectivity index (χ0n) is 16.3. The van der Waals surface area contributed by atoms with Gasteiger partial charge < -0.3 is 19.4 Å². The number of ether oxygens (including phenoxy) is 2. The minimum Gasteiger partial charge on any atom is -0.486 e. The van der Waals surface area contributed by atoms with Crippen molar-refractivity contribution in [3.8, 4) is 11.5 Å². The quantitative estimate of drug-likeness (QED) is 0.534. The number of pyridine rings is 1. The van der Waals surface area contributed by atoms with Crippen molar-refractivity contribution < 1.29 is 14.3 Å². The number of nitrogens with zero attached hydrogens (tertiary/aromatic N) is 1. The summed E-state index contributed by atoms with van der Waals surface area (Å²) in [5.41, 5.74) is 2.33. The van der Waals surface area contributed by atoms with Crippen molar-refractivity contribution in [2.24, 2.45) is 0 Å². The molecule has 0 fully saturated rings. The van der Waals surface area contributed by atoms with E-state index in [1.165, 1.54) is 0 Å². The standard InChI is InChI=1S/C24H20N2O4/c27-22(25-14-16-6-5-11-21-24(16)30-13-12-29-21)15-26-19-9-3-1-7-17(19)23(28)18-8-2-4-10-20(18)26/h1-11H,12-15H2,(H,25,27). The normalized spacial score (nSPS) is 12.8. The van der Waals surface area contributed by atoms with Crippen LogP contribution in [0.15, 0.2) is 71.5 Å². The number of amides is 1. The maximum absolute atomic E-state index is 12.8. The van der Waals surface area contributed by atoms with Gasteiger partial charge >= 0.3 is 0 Å². The van der Waals surface area contributed by atoms with E-state index in [-0.39, 0.29) is 17.9 Å². The smallest absolute Gasteiger partial charge is 0.240 e. The molecule has 4 aromatic rings. The van der Waals surface area contributed by atoms with E-state index < -0.39 is 0 Å². The molecule has 5 rings (SSSR count). The Kier molecular flexibility index (Phi) is 4.59. The molecule has 0 atom stereocenters. The zero-order chi connectivity index (χ0) is 20.5. The third-order valence-electron chi connectivity index (χ3n) is 5.30. The molecule has 30 heavy (non-hydrogen) atoms. The lowest BCUT2D eigenvalue weighted by molar-refractivity contribution is -0.121. The molecule has 1 aliphatic rings. The Hall–Kier alpha value is -3.80. The number of fused-ring (bicyclic) bond motifs is 3. The fourth-order valence-corrected chi connectivity index (χ4v) is 3.91. The fraction of sp³-hybridized carbons (Fsp3) is 0.167. The van der Waals surface area contributed by atoms with Gasteiger partial charge in [-0.1, -0.05) is 36.4 Å². The second-order valence-corrected chi connectivity index (χ2v) is 7.17. The maximum atomic E-state index is 12.8. The van der Waals surface area contributed by atoms with Crippen molar-refractivity contribution in [2.75, 3.05) is 13.2 Å². The Bertz CT molecular complexity index is 1270. The Morgan fingerprint density at radius 3 is 2.27 bits per heavy atom. The Labute approximate surface area is 172 Å². The van der Waals surface area contributed by atoms with Gasteiger partial charge in [0.1, 0.15) is 19.8 Å². The molecular weight excluding hydrogens is 380 g/mol. The summed E-state index contributed by atoms with van der Waals surface area (Å²) in [5.74, 6) is 1.23. The molecule has 6 nitrogen and oxygen atoms in total. The maximum Gasteiger partial charge on any atom is 0.240 e. The first-order valence-corrected chi connectivity index (χ1v) is 9.87. The predicted octanol–water partition coefficient (Wildman–Crippen LogP) is 3.24. The van der Waals surface area contributed by atoms with Crippen molar-refractivity contribution in [2.45, 2.75) is 13.1 Å². The van der Waals surface area contributed by atoms with Gasteiger partial charge in [0.2, 0.25) is 5.91 Å². The summed E-state index contributed by atoms with van der Waals surface area (Å²) in [6.45, 7) is 1.46. The molecule has 1 aliphatic heterocycles. The van der Waals surface area contributed by atoms with E-state index in [2.05, 4.69) is 5.32 Å². The fourth-order valence-electron chi connectivity index (χ4n) is 3.91. The highest BCUT2D eigenvalue weighted by molar-refractivity contribution is 5.94. The summed E-state index contributed by atoms with van der Waals surface area (Å²) in [7, 11) is 0. The molecule has 6 heteroatoms. The molecule has 2 heterocycles. The highest BCUT2D eigenvalue weighted by Gasteiger charge is 2.17. The first-order valence-electron chi connectivity index (χ1n) is 9.87. The van der Waals surface area contributed by atoms with E-state index in [9.17, 15) is 9.59 Å². The first-order chi connectivity index (χ1) is 14.7. The number of benzene rings is 3. The van der Waals surface area contributed by atoms with Gasteiger partial charge in [-0.3, -0.25) is 9.59 Å². The summed E-state index contributed by atoms with van der Waals surface area (Å²) in [6, 6.07) is 20.4. The van der Waals surface area contributed by atoms with E-state index in [1.807, 2.05) is 59.2 Å². The lowest BCUT2D eigenvalue weighted by Gasteiger charge is -2.21. The van der Waals surface area contributed by atoms with Crippen LogP contribution in [0.25, 0.3) is 21.8 Å². The number of rotatable bonds is 4. The number of carbonyl (C=O) groups is 1. The molecule has 0 spiro atoms. The van der Waals surface area contributed by atoms with Crippen molar-refractivity contribution in [3.63, 3.8) is 0 Å². The number of carbonyl (C=O) groups excluding carboxylic acids is 1. The topological polar surface area (TPSA) is 69.6 Å². The van der Waals surface area contributed by atoms with Crippen LogP contribution < -0.4 is 20.2 Å². The number of aromatic nitrogens is 1. The minimum absolute atomic E-state index is 0.0223. The third-order valence-corrected chi connectivity index (χ3v) is 5.30. The second-order valence-electron chi connectivity index (χ2n) is 7.17. The van der Waals surface area contributed by atoms with E-state index in [4.69, 9.17) is 9.47 Å². The molecule has 0 radical (unpaired) electrons. The third kappa shape index (κ3) is 3.16. The van der Waals surface area contributed by atoms with Crippen molar-refractivity contribution in [1.82, 2.24) is 9.88 Å². The van der Waals surface area contributed by atoms with Gasteiger partial charge in [0.25, 0.3) is 0 Å². The lowest BCUT2D eigenvalue weighted by Crippen LogP contribution is -2.28. The zero-order valence-corrected chi connectivity index (χ0v) is 16.3. The minimum atomic E-state index is -0.150. The molecule has 1 aromatic heterocycles. The van der Waals surface area contributed by atoms with Gasteiger partial charge in [-0.25, -0.2) is 0 Å². The van der Waals surface area contributed by atoms with Crippen LogP contribution in [0, 0.1) is 0 Å². The summed E-state index contributed by atoms with van der Waals surface area (Å²) >= 11 is 0. The lowest BCUT2D eigenvalue weighted by atomic mass is 10.1. The number of para-hydroxylation sites is 3. The van der Waals surface area contributed by atoms with Crippen LogP contribution in [0.2, 0.25) is 0 Å². The Balaban J connectivity index is 1.45. The summed E-state index contributed by atoms with van der Waals surface area (Å²) in [4.78, 5) is 25.7. The average molecular weight is 400 g/mol. The van der Waals surface area contributed by atoms with Crippen molar-refractivity contribution in [3.05, 3.63) is 82.5 Å². The molecule has 0 unspecified atom stereocenters. The van der Waals surface area contributed by atoms with Crippen LogP contribution in [0.3, 0.4) is 0 Å². The van der Waals surface area contributed by atoms with E-state index in [0.29, 0.717) is 42.0 Å². The number of hydrogen-bond donors (Lipinski definition) is 1. The Morgan fingerprint density at radius 2 is 1.53 bits per heavy atom. The number of hydrogen-bond acceptors (Lipinski definition) is 4. The van der Waals surface area contributed by atoms with Crippen LogP contribution in [0.5, 0.6) is 11.5 Å². The van der Waals surface area contributed by atoms with Gasteiger partial charge in [0, 0.05) is 22.9 Å². The SMILES string of the molecule is O=C(Cn1c2ccccc2c(=O)c2ccccc21)NCc1cccc2c1OCCO2. The predicted molar refractivity (Wildman–Crippen MR) is 115 cm³/mol. The molecule has 1 N–H and O–H groups in total. The van der Waals surface area contributed by atoms with Crippen molar-refractivity contribution >= 4 is 27.7 Å². The van der Waals surface area contributed by atoms with E-state index in [1.54, 1.807) is 12.1 Å². The summed E-state index contributed by atoms with van der Waals surface area (Å²) in [6.07, 6.45) is 0. The molecule has 0 saturated heterocycles. The average Bonchev–Trinajstić information content (AvgIpc) is 2.80. The highest BCUT2D eigenvalue weighted by atomic mass is 16.6. The van der Waals surface area contributed by atoms with Gasteiger partial charge in [0.05, 0.1) is 11.0 Å². The van der Waals surface area contributed by atoms with Crippen LogP contribution in [0.4, 0.5) is 0 Å². The molecule has 1 amide bonds. The van der Waals surface area contributed by atoms with E-state index in [0.717, 1.165) is 16.6 Å².